The standard InChI is InChI=1S/C16H13BrFN5OS/c1-10(24)19-13-3-2-4-14(8-13)23-16(20-21-22-23)25-9-11-7-12(17)5-6-15(11)18/h2-8H,9H2,1H3,(H,19,24). The Morgan fingerprint density at radius 2 is 2.16 bits per heavy atom. The van der Waals surface area contributed by atoms with Crippen LogP contribution in [0.15, 0.2) is 52.1 Å². The summed E-state index contributed by atoms with van der Waals surface area (Å²) >= 11 is 4.66. The lowest BCUT2D eigenvalue weighted by molar-refractivity contribution is -0.114. The van der Waals surface area contributed by atoms with Crippen molar-refractivity contribution in [3.8, 4) is 5.69 Å². The molecular weight excluding hydrogens is 409 g/mol. The zero-order valence-corrected chi connectivity index (χ0v) is 15.5. The van der Waals surface area contributed by atoms with Crippen LogP contribution < -0.4 is 5.32 Å². The fraction of sp³-hybridized carbons (Fsp3) is 0.125. The first-order valence-electron chi connectivity index (χ1n) is 7.26. The topological polar surface area (TPSA) is 72.7 Å². The first kappa shape index (κ1) is 17.6. The molecule has 3 aromatic rings. The van der Waals surface area contributed by atoms with Crippen LogP contribution in [0.25, 0.3) is 5.69 Å². The van der Waals surface area contributed by atoms with Gasteiger partial charge in [-0.25, -0.2) is 4.39 Å². The highest BCUT2D eigenvalue weighted by Crippen LogP contribution is 2.26. The van der Waals surface area contributed by atoms with Crippen molar-refractivity contribution in [2.75, 3.05) is 5.32 Å². The van der Waals surface area contributed by atoms with Crippen LogP contribution in [-0.4, -0.2) is 26.1 Å². The lowest BCUT2D eigenvalue weighted by Gasteiger charge is -2.07. The van der Waals surface area contributed by atoms with Gasteiger partial charge in [-0.15, -0.1) is 5.10 Å². The highest BCUT2D eigenvalue weighted by Gasteiger charge is 2.12. The SMILES string of the molecule is CC(=O)Nc1cccc(-n2nnnc2SCc2cc(Br)ccc2F)c1. The maximum absolute atomic E-state index is 13.9. The lowest BCUT2D eigenvalue weighted by atomic mass is 10.2. The largest absolute Gasteiger partial charge is 0.326 e. The van der Waals surface area contributed by atoms with Crippen molar-refractivity contribution in [3.63, 3.8) is 0 Å². The minimum Gasteiger partial charge on any atom is -0.326 e. The molecular formula is C16H13BrFN5OS. The average molecular weight is 422 g/mol. The van der Waals surface area contributed by atoms with E-state index in [0.717, 1.165) is 4.47 Å². The Bertz CT molecular complexity index is 917. The number of carbonyl (C=O) groups is 1. The van der Waals surface area contributed by atoms with E-state index in [1.54, 1.807) is 35.0 Å². The Balaban J connectivity index is 1.81. The molecule has 0 unspecified atom stereocenters. The molecule has 0 saturated carbocycles. The summed E-state index contributed by atoms with van der Waals surface area (Å²) in [6.07, 6.45) is 0. The number of anilines is 1. The number of carbonyl (C=O) groups excluding carboxylic acids is 1. The third kappa shape index (κ3) is 4.43. The van der Waals surface area contributed by atoms with Crippen LogP contribution in [0.2, 0.25) is 0 Å². The van der Waals surface area contributed by atoms with Crippen LogP contribution in [0.3, 0.4) is 0 Å². The lowest BCUT2D eigenvalue weighted by Crippen LogP contribution is -2.07. The van der Waals surface area contributed by atoms with Crippen molar-refractivity contribution in [1.29, 1.82) is 0 Å². The normalized spacial score (nSPS) is 10.7. The van der Waals surface area contributed by atoms with E-state index in [1.807, 2.05) is 6.07 Å². The van der Waals surface area contributed by atoms with Gasteiger partial charge < -0.3 is 5.32 Å². The van der Waals surface area contributed by atoms with Crippen LogP contribution in [0.4, 0.5) is 10.1 Å². The summed E-state index contributed by atoms with van der Waals surface area (Å²) < 4.78 is 16.2. The fourth-order valence-corrected chi connectivity index (χ4v) is 3.42. The van der Waals surface area contributed by atoms with Crippen molar-refractivity contribution >= 4 is 39.3 Å². The smallest absolute Gasteiger partial charge is 0.221 e. The summed E-state index contributed by atoms with van der Waals surface area (Å²) in [5.41, 5.74) is 1.91. The molecule has 9 heteroatoms. The van der Waals surface area contributed by atoms with Crippen molar-refractivity contribution in [3.05, 3.63) is 58.3 Å². The van der Waals surface area contributed by atoms with Gasteiger partial charge in [0, 0.05) is 22.8 Å². The number of benzene rings is 2. The van der Waals surface area contributed by atoms with E-state index in [-0.39, 0.29) is 11.7 Å². The van der Waals surface area contributed by atoms with E-state index < -0.39 is 0 Å². The van der Waals surface area contributed by atoms with Gasteiger partial charge in [-0.05, 0) is 52.4 Å². The molecule has 6 nitrogen and oxygen atoms in total. The second kappa shape index (κ2) is 7.75. The number of amides is 1. The van der Waals surface area contributed by atoms with Crippen LogP contribution in [0.1, 0.15) is 12.5 Å². The number of aromatic nitrogens is 4. The molecule has 0 atom stereocenters. The first-order chi connectivity index (χ1) is 12.0. The number of rotatable bonds is 5. The van der Waals surface area contributed by atoms with Gasteiger partial charge in [0.15, 0.2) is 0 Å². The zero-order chi connectivity index (χ0) is 17.8. The summed E-state index contributed by atoms with van der Waals surface area (Å²) in [4.78, 5) is 11.2. The van der Waals surface area contributed by atoms with Gasteiger partial charge in [-0.2, -0.15) is 4.68 Å². The Morgan fingerprint density at radius 1 is 1.32 bits per heavy atom. The number of hydrogen-bond acceptors (Lipinski definition) is 5. The minimum absolute atomic E-state index is 0.159. The summed E-state index contributed by atoms with van der Waals surface area (Å²) in [6, 6.07) is 12.0. The molecule has 1 N–H and O–H groups in total. The van der Waals surface area contributed by atoms with Crippen LogP contribution in [0.5, 0.6) is 0 Å². The molecule has 0 aliphatic heterocycles. The minimum atomic E-state index is -0.276. The number of nitrogens with zero attached hydrogens (tertiary/aromatic N) is 4. The monoisotopic (exact) mass is 421 g/mol. The molecule has 2 aromatic carbocycles. The molecule has 0 saturated heterocycles. The van der Waals surface area contributed by atoms with Crippen molar-refractivity contribution in [2.24, 2.45) is 0 Å². The predicted octanol–water partition coefficient (Wildman–Crippen LogP) is 3.81. The molecule has 0 aliphatic carbocycles. The quantitative estimate of drug-likeness (QED) is 0.633. The molecule has 128 valence electrons. The van der Waals surface area contributed by atoms with Crippen molar-refractivity contribution in [1.82, 2.24) is 20.2 Å². The number of nitrogens with one attached hydrogen (secondary N) is 1. The predicted molar refractivity (Wildman–Crippen MR) is 97.1 cm³/mol. The Hall–Kier alpha value is -2.26. The molecule has 1 amide bonds. The number of halogens is 2. The fourth-order valence-electron chi connectivity index (χ4n) is 2.15. The Morgan fingerprint density at radius 3 is 2.96 bits per heavy atom. The molecule has 3 rings (SSSR count). The Kier molecular flexibility index (Phi) is 5.44. The van der Waals surface area contributed by atoms with E-state index in [1.165, 1.54) is 24.8 Å². The number of tetrazole rings is 1. The second-order valence-electron chi connectivity index (χ2n) is 5.13. The van der Waals surface area contributed by atoms with Gasteiger partial charge in [0.25, 0.3) is 0 Å². The molecule has 25 heavy (non-hydrogen) atoms. The molecule has 1 heterocycles. The highest BCUT2D eigenvalue weighted by atomic mass is 79.9. The molecule has 0 radical (unpaired) electrons. The van der Waals surface area contributed by atoms with E-state index >= 15 is 0 Å². The van der Waals surface area contributed by atoms with Crippen LogP contribution in [-0.2, 0) is 10.5 Å². The highest BCUT2D eigenvalue weighted by molar-refractivity contribution is 9.10. The molecule has 0 aliphatic rings. The average Bonchev–Trinajstić information content (AvgIpc) is 3.04. The van der Waals surface area contributed by atoms with Crippen LogP contribution in [0, 0.1) is 5.82 Å². The maximum atomic E-state index is 13.9. The molecule has 0 spiro atoms. The first-order valence-corrected chi connectivity index (χ1v) is 9.04. The molecule has 0 fully saturated rings. The van der Waals surface area contributed by atoms with Crippen LogP contribution >= 0.6 is 27.7 Å². The van der Waals surface area contributed by atoms with E-state index in [0.29, 0.717) is 27.8 Å². The van der Waals surface area contributed by atoms with Gasteiger partial charge in [-0.3, -0.25) is 4.79 Å². The molecule has 0 bridgehead atoms. The van der Waals surface area contributed by atoms with Gasteiger partial charge in [-0.1, -0.05) is 33.8 Å². The van der Waals surface area contributed by atoms with Gasteiger partial charge in [0.2, 0.25) is 11.1 Å². The number of thioether (sulfide) groups is 1. The van der Waals surface area contributed by atoms with E-state index in [2.05, 4.69) is 36.8 Å². The van der Waals surface area contributed by atoms with Gasteiger partial charge >= 0.3 is 0 Å². The maximum Gasteiger partial charge on any atom is 0.221 e. The summed E-state index contributed by atoms with van der Waals surface area (Å²) in [7, 11) is 0. The Labute approximate surface area is 155 Å². The van der Waals surface area contributed by atoms with E-state index in [4.69, 9.17) is 0 Å². The van der Waals surface area contributed by atoms with E-state index in [9.17, 15) is 9.18 Å². The third-order valence-electron chi connectivity index (χ3n) is 3.22. The summed E-state index contributed by atoms with van der Waals surface area (Å²) in [6.45, 7) is 1.44. The molecule has 1 aromatic heterocycles. The third-order valence-corrected chi connectivity index (χ3v) is 4.68. The summed E-state index contributed by atoms with van der Waals surface area (Å²) in [5, 5.41) is 14.9. The van der Waals surface area contributed by atoms with Crippen molar-refractivity contribution in [2.45, 2.75) is 17.8 Å². The zero-order valence-electron chi connectivity index (χ0n) is 13.1. The van der Waals surface area contributed by atoms with Gasteiger partial charge in [0.1, 0.15) is 5.82 Å². The number of hydrogen-bond donors (Lipinski definition) is 1. The van der Waals surface area contributed by atoms with Crippen molar-refractivity contribution < 1.29 is 9.18 Å². The second-order valence-corrected chi connectivity index (χ2v) is 6.99. The van der Waals surface area contributed by atoms with Gasteiger partial charge in [0.05, 0.1) is 5.69 Å². The summed E-state index contributed by atoms with van der Waals surface area (Å²) in [5.74, 6) is -0.0483.